The zero-order valence-corrected chi connectivity index (χ0v) is 10.3. The van der Waals surface area contributed by atoms with Gasteiger partial charge < -0.3 is 5.11 Å². The third-order valence-corrected chi connectivity index (χ3v) is 2.73. The zero-order valence-electron chi connectivity index (χ0n) is 8.77. The minimum atomic E-state index is 0.182. The minimum Gasteiger partial charge on any atom is -0.507 e. The molecule has 0 saturated carbocycles. The molecule has 0 fully saturated rings. The van der Waals surface area contributed by atoms with E-state index in [0.717, 1.165) is 0 Å². The normalized spacial score (nSPS) is 10.9. The van der Waals surface area contributed by atoms with E-state index in [2.05, 4.69) is 4.99 Å². The number of benzene rings is 2. The van der Waals surface area contributed by atoms with Crippen LogP contribution in [0.5, 0.6) is 5.75 Å². The standard InChI is InChI=1S/C13H9Cl2NO/c14-10-5-6-12(11(15)7-10)16-8-9-3-1-2-4-13(9)17/h1-8,17H. The lowest BCUT2D eigenvalue weighted by atomic mass is 10.2. The average Bonchev–Trinajstić information content (AvgIpc) is 2.30. The molecule has 0 bridgehead atoms. The van der Waals surface area contributed by atoms with Gasteiger partial charge in [-0.3, -0.25) is 4.99 Å². The summed E-state index contributed by atoms with van der Waals surface area (Å²) in [5.41, 5.74) is 1.25. The van der Waals surface area contributed by atoms with Gasteiger partial charge in [0.2, 0.25) is 0 Å². The highest BCUT2D eigenvalue weighted by Gasteiger charge is 1.99. The molecule has 2 aromatic carbocycles. The highest BCUT2D eigenvalue weighted by Crippen LogP contribution is 2.28. The maximum atomic E-state index is 9.56. The van der Waals surface area contributed by atoms with Crippen molar-refractivity contribution in [2.75, 3.05) is 0 Å². The summed E-state index contributed by atoms with van der Waals surface area (Å²) in [5.74, 6) is 0.182. The van der Waals surface area contributed by atoms with Gasteiger partial charge in [0.25, 0.3) is 0 Å². The first-order valence-corrected chi connectivity index (χ1v) is 5.69. The second-order valence-corrected chi connectivity index (χ2v) is 4.26. The number of rotatable bonds is 2. The van der Waals surface area contributed by atoms with Gasteiger partial charge in [-0.1, -0.05) is 35.3 Å². The van der Waals surface area contributed by atoms with Crippen molar-refractivity contribution in [1.82, 2.24) is 0 Å². The lowest BCUT2D eigenvalue weighted by molar-refractivity contribution is 0.474. The van der Waals surface area contributed by atoms with Gasteiger partial charge in [0.1, 0.15) is 5.75 Å². The Hall–Kier alpha value is -1.51. The van der Waals surface area contributed by atoms with Crippen molar-refractivity contribution in [3.8, 4) is 5.75 Å². The van der Waals surface area contributed by atoms with Crippen molar-refractivity contribution < 1.29 is 5.11 Å². The van der Waals surface area contributed by atoms with E-state index in [9.17, 15) is 5.11 Å². The Morgan fingerprint density at radius 3 is 2.53 bits per heavy atom. The van der Waals surface area contributed by atoms with E-state index in [0.29, 0.717) is 21.3 Å². The average molecular weight is 266 g/mol. The van der Waals surface area contributed by atoms with Crippen LogP contribution < -0.4 is 0 Å². The molecule has 1 N–H and O–H groups in total. The van der Waals surface area contributed by atoms with Crippen LogP contribution >= 0.6 is 23.2 Å². The van der Waals surface area contributed by atoms with Gasteiger partial charge in [-0.05, 0) is 30.3 Å². The summed E-state index contributed by atoms with van der Waals surface area (Å²) in [6.45, 7) is 0. The lowest BCUT2D eigenvalue weighted by Crippen LogP contribution is -1.81. The van der Waals surface area contributed by atoms with Crippen LogP contribution in [0, 0.1) is 0 Å². The Kier molecular flexibility index (Phi) is 3.67. The summed E-state index contributed by atoms with van der Waals surface area (Å²) in [4.78, 5) is 4.20. The molecule has 86 valence electrons. The summed E-state index contributed by atoms with van der Waals surface area (Å²) in [5, 5.41) is 10.6. The van der Waals surface area contributed by atoms with Crippen LogP contribution in [0.4, 0.5) is 5.69 Å². The molecule has 0 aliphatic rings. The number of para-hydroxylation sites is 1. The predicted molar refractivity (Wildman–Crippen MR) is 71.8 cm³/mol. The summed E-state index contributed by atoms with van der Waals surface area (Å²) in [7, 11) is 0. The molecule has 0 amide bonds. The first-order valence-electron chi connectivity index (χ1n) is 4.94. The van der Waals surface area contributed by atoms with Gasteiger partial charge in [-0.2, -0.15) is 0 Å². The molecule has 0 aliphatic carbocycles. The van der Waals surface area contributed by atoms with Crippen molar-refractivity contribution >= 4 is 35.1 Å². The molecule has 0 saturated heterocycles. The van der Waals surface area contributed by atoms with Crippen LogP contribution in [0.3, 0.4) is 0 Å². The fourth-order valence-corrected chi connectivity index (χ4v) is 1.78. The fraction of sp³-hybridized carbons (Fsp3) is 0. The molecule has 2 aromatic rings. The van der Waals surface area contributed by atoms with Gasteiger partial charge in [0.05, 0.1) is 10.7 Å². The highest BCUT2D eigenvalue weighted by molar-refractivity contribution is 6.36. The van der Waals surface area contributed by atoms with E-state index < -0.39 is 0 Å². The molecule has 0 spiro atoms. The van der Waals surface area contributed by atoms with Gasteiger partial charge in [-0.25, -0.2) is 0 Å². The number of aliphatic imine (C=N–C) groups is 1. The molecule has 0 aromatic heterocycles. The molecule has 0 atom stereocenters. The Morgan fingerprint density at radius 1 is 1.06 bits per heavy atom. The number of aromatic hydroxyl groups is 1. The number of hydrogen-bond acceptors (Lipinski definition) is 2. The Labute approximate surface area is 109 Å². The number of halogens is 2. The van der Waals surface area contributed by atoms with Crippen LogP contribution in [0.1, 0.15) is 5.56 Å². The number of phenols is 1. The maximum Gasteiger partial charge on any atom is 0.124 e. The van der Waals surface area contributed by atoms with Crippen molar-refractivity contribution in [2.24, 2.45) is 4.99 Å². The molecule has 17 heavy (non-hydrogen) atoms. The predicted octanol–water partition coefficient (Wildman–Crippen LogP) is 4.45. The van der Waals surface area contributed by atoms with Gasteiger partial charge in [0.15, 0.2) is 0 Å². The molecular formula is C13H9Cl2NO. The van der Waals surface area contributed by atoms with Crippen LogP contribution in [0.2, 0.25) is 10.0 Å². The number of nitrogens with zero attached hydrogens (tertiary/aromatic N) is 1. The third kappa shape index (κ3) is 2.99. The lowest BCUT2D eigenvalue weighted by Gasteiger charge is -1.99. The Bertz CT molecular complexity index is 567. The fourth-order valence-electron chi connectivity index (χ4n) is 1.32. The molecule has 0 radical (unpaired) electrons. The second-order valence-electron chi connectivity index (χ2n) is 3.41. The SMILES string of the molecule is Oc1ccccc1C=Nc1ccc(Cl)cc1Cl. The van der Waals surface area contributed by atoms with Crippen molar-refractivity contribution in [3.63, 3.8) is 0 Å². The van der Waals surface area contributed by atoms with Crippen molar-refractivity contribution in [1.29, 1.82) is 0 Å². The number of phenolic OH excluding ortho intramolecular Hbond substituents is 1. The van der Waals surface area contributed by atoms with E-state index in [-0.39, 0.29) is 5.75 Å². The summed E-state index contributed by atoms with van der Waals surface area (Å²) in [6, 6.07) is 12.0. The minimum absolute atomic E-state index is 0.182. The maximum absolute atomic E-state index is 9.56. The Balaban J connectivity index is 2.29. The monoisotopic (exact) mass is 265 g/mol. The van der Waals surface area contributed by atoms with Crippen molar-refractivity contribution in [2.45, 2.75) is 0 Å². The molecule has 2 nitrogen and oxygen atoms in total. The molecule has 0 aliphatic heterocycles. The molecule has 4 heteroatoms. The van der Waals surface area contributed by atoms with E-state index in [1.807, 2.05) is 6.07 Å². The quantitative estimate of drug-likeness (QED) is 0.800. The van der Waals surface area contributed by atoms with Crippen LogP contribution in [0.15, 0.2) is 47.5 Å². The van der Waals surface area contributed by atoms with E-state index in [1.165, 1.54) is 0 Å². The summed E-state index contributed by atoms with van der Waals surface area (Å²) < 4.78 is 0. The van der Waals surface area contributed by atoms with Gasteiger partial charge in [0, 0.05) is 16.8 Å². The largest absolute Gasteiger partial charge is 0.507 e. The molecule has 2 rings (SSSR count). The zero-order chi connectivity index (χ0) is 12.3. The highest BCUT2D eigenvalue weighted by atomic mass is 35.5. The van der Waals surface area contributed by atoms with Crippen LogP contribution in [-0.2, 0) is 0 Å². The Morgan fingerprint density at radius 2 is 1.82 bits per heavy atom. The van der Waals surface area contributed by atoms with Crippen LogP contribution in [0.25, 0.3) is 0 Å². The second kappa shape index (κ2) is 5.21. The first kappa shape index (κ1) is 12.0. The summed E-state index contributed by atoms with van der Waals surface area (Å²) in [6.07, 6.45) is 1.56. The van der Waals surface area contributed by atoms with E-state index in [1.54, 1.807) is 42.6 Å². The van der Waals surface area contributed by atoms with Gasteiger partial charge in [-0.15, -0.1) is 0 Å². The molecule has 0 heterocycles. The molecular weight excluding hydrogens is 257 g/mol. The topological polar surface area (TPSA) is 32.6 Å². The summed E-state index contributed by atoms with van der Waals surface area (Å²) >= 11 is 11.8. The smallest absolute Gasteiger partial charge is 0.124 e. The number of hydrogen-bond donors (Lipinski definition) is 1. The first-order chi connectivity index (χ1) is 8.16. The van der Waals surface area contributed by atoms with E-state index >= 15 is 0 Å². The third-order valence-electron chi connectivity index (χ3n) is 2.19. The van der Waals surface area contributed by atoms with Crippen LogP contribution in [-0.4, -0.2) is 11.3 Å². The van der Waals surface area contributed by atoms with E-state index in [4.69, 9.17) is 23.2 Å². The van der Waals surface area contributed by atoms with Gasteiger partial charge >= 0.3 is 0 Å². The van der Waals surface area contributed by atoms with Crippen molar-refractivity contribution in [3.05, 3.63) is 58.1 Å². The molecule has 0 unspecified atom stereocenters.